The number of aliphatic hydroxyl groups is 4. The smallest absolute Gasteiger partial charge is 0.292 e. The second-order valence-electron chi connectivity index (χ2n) is 6.30. The van der Waals surface area contributed by atoms with Crippen molar-refractivity contribution in [3.8, 4) is 0 Å². The van der Waals surface area contributed by atoms with Gasteiger partial charge in [0.05, 0.1) is 12.0 Å². The van der Waals surface area contributed by atoms with Gasteiger partial charge in [0, 0.05) is 29.1 Å². The first kappa shape index (κ1) is 15.0. The van der Waals surface area contributed by atoms with Crippen LogP contribution in [0.5, 0.6) is 0 Å². The summed E-state index contributed by atoms with van der Waals surface area (Å²) in [6, 6.07) is 1.91. The maximum Gasteiger partial charge on any atom is 0.292 e. The zero-order valence-corrected chi connectivity index (χ0v) is 13.4. The number of likely N-dealkylation sites (tertiary alicyclic amines) is 1. The Kier molecular flexibility index (Phi) is 3.98. The van der Waals surface area contributed by atoms with Gasteiger partial charge < -0.3 is 40.0 Å². The third-order valence-electron chi connectivity index (χ3n) is 4.62. The number of carboxylic acid groups (broad SMARTS) is 1. The highest BCUT2D eigenvalue weighted by Gasteiger charge is 2.49. The van der Waals surface area contributed by atoms with E-state index in [-0.39, 0.29) is 12.0 Å². The van der Waals surface area contributed by atoms with Gasteiger partial charge in [-0.05, 0) is 6.07 Å². The van der Waals surface area contributed by atoms with Crippen LogP contribution in [-0.2, 0) is 14.3 Å². The van der Waals surface area contributed by atoms with Crippen LogP contribution >= 0.6 is 0 Å². The van der Waals surface area contributed by atoms with Crippen molar-refractivity contribution >= 4 is 11.9 Å². The summed E-state index contributed by atoms with van der Waals surface area (Å²) >= 11 is 0. The minimum absolute atomic E-state index is 0.182. The molecule has 1 amide bonds. The molecule has 1 aromatic rings. The molecule has 0 saturated carbocycles. The Morgan fingerprint density at radius 3 is 2.73 bits per heavy atom. The normalized spacial score (nSPS) is 40.0. The third-order valence-corrected chi connectivity index (χ3v) is 4.62. The van der Waals surface area contributed by atoms with Crippen LogP contribution in [0.2, 0.25) is 0 Å². The quantitative estimate of drug-likeness (QED) is 0.392. The van der Waals surface area contributed by atoms with E-state index in [9.17, 15) is 35.1 Å². The van der Waals surface area contributed by atoms with Gasteiger partial charge in [0.1, 0.15) is 24.4 Å². The van der Waals surface area contributed by atoms with Gasteiger partial charge in [0.2, 0.25) is 0 Å². The fourth-order valence-corrected chi connectivity index (χ4v) is 3.19. The second kappa shape index (κ2) is 6.89. The number of aromatic nitrogens is 1. The number of carbonyl (C=O) groups is 2. The summed E-state index contributed by atoms with van der Waals surface area (Å²) in [6.45, 7) is -2.80. The number of aliphatic carboxylic acids is 1. The number of carboxylic acids is 1. The van der Waals surface area contributed by atoms with Gasteiger partial charge in [-0.25, -0.2) is 0 Å². The molecule has 2 saturated heterocycles. The number of ether oxygens (including phenoxy) is 1. The number of amides is 1. The molecule has 26 heavy (non-hydrogen) atoms. The molecule has 142 valence electrons. The van der Waals surface area contributed by atoms with Crippen molar-refractivity contribution < 1.29 is 48.5 Å². The molecule has 3 heterocycles. The van der Waals surface area contributed by atoms with E-state index >= 15 is 0 Å². The minimum Gasteiger partial charge on any atom is -0.547 e. The van der Waals surface area contributed by atoms with Crippen LogP contribution in [0.15, 0.2) is 24.5 Å². The Labute approximate surface area is 152 Å². The number of hydrogen-bond donors (Lipinski definition) is 4. The standard InChI is InChI=1S/C16H20N2O8/c1-17-8(5-9(19)14(17)23)7-3-2-4-18(6-7)15-12(22)10(20)11(21)13(26-15)16(24)25/h2-4,6,8-13,15,19-22H,5H2,1H3/t8?,9-,10?,11?,12?,13?,15?/m1/s1/i1D3. The lowest BCUT2D eigenvalue weighted by Crippen LogP contribution is -2.65. The number of likely N-dealkylation sites (N-methyl/N-ethyl adjacent to an activating group) is 1. The lowest BCUT2D eigenvalue weighted by molar-refractivity contribution is -0.777. The van der Waals surface area contributed by atoms with E-state index in [4.69, 9.17) is 8.85 Å². The molecule has 2 fully saturated rings. The molecule has 2 aliphatic rings. The van der Waals surface area contributed by atoms with Gasteiger partial charge in [-0.2, -0.15) is 4.57 Å². The SMILES string of the molecule is [2H]C([2H])([2H])N1C(=O)[C@H](O)CC1c1ccc[n+](C2OC(C(=O)[O-])C(O)C(O)C2O)c1. The molecule has 0 bridgehead atoms. The number of carbonyl (C=O) groups excluding carboxylic acids is 2. The van der Waals surface area contributed by atoms with Gasteiger partial charge >= 0.3 is 0 Å². The number of pyridine rings is 1. The maximum atomic E-state index is 12.1. The average molecular weight is 371 g/mol. The zero-order valence-electron chi connectivity index (χ0n) is 16.4. The summed E-state index contributed by atoms with van der Waals surface area (Å²) in [5.74, 6) is -2.74. The largest absolute Gasteiger partial charge is 0.547 e. The fraction of sp³-hybridized carbons (Fsp3) is 0.562. The van der Waals surface area contributed by atoms with Gasteiger partial charge in [-0.3, -0.25) is 4.79 Å². The number of hydrogen-bond acceptors (Lipinski definition) is 8. The first-order valence-electron chi connectivity index (χ1n) is 9.36. The van der Waals surface area contributed by atoms with Crippen LogP contribution < -0.4 is 9.67 Å². The van der Waals surface area contributed by atoms with Crippen molar-refractivity contribution in [2.45, 2.75) is 49.2 Å². The Hall–Kier alpha value is -2.11. The van der Waals surface area contributed by atoms with E-state index in [1.54, 1.807) is 0 Å². The van der Waals surface area contributed by atoms with Crippen molar-refractivity contribution in [2.75, 3.05) is 6.98 Å². The zero-order chi connectivity index (χ0) is 21.7. The van der Waals surface area contributed by atoms with Gasteiger partial charge in [0.15, 0.2) is 18.5 Å². The van der Waals surface area contributed by atoms with E-state index in [0.29, 0.717) is 4.90 Å². The van der Waals surface area contributed by atoms with Crippen molar-refractivity contribution in [3.63, 3.8) is 0 Å². The van der Waals surface area contributed by atoms with Gasteiger partial charge in [-0.15, -0.1) is 0 Å². The lowest BCUT2D eigenvalue weighted by Gasteiger charge is -2.37. The number of nitrogens with zero attached hydrogens (tertiary/aromatic N) is 2. The van der Waals surface area contributed by atoms with Crippen LogP contribution in [0, 0.1) is 0 Å². The first-order valence-corrected chi connectivity index (χ1v) is 7.86. The minimum atomic E-state index is -2.80. The molecule has 4 N–H and O–H groups in total. The summed E-state index contributed by atoms with van der Waals surface area (Å²) in [5.41, 5.74) is 0.273. The second-order valence-corrected chi connectivity index (χ2v) is 6.30. The fourth-order valence-electron chi connectivity index (χ4n) is 3.19. The predicted octanol–water partition coefficient (Wildman–Crippen LogP) is -4.03. The monoisotopic (exact) mass is 371 g/mol. The molecule has 2 aliphatic heterocycles. The first-order chi connectivity index (χ1) is 13.4. The maximum absolute atomic E-state index is 12.1. The van der Waals surface area contributed by atoms with Crippen LogP contribution in [0.3, 0.4) is 0 Å². The number of aliphatic hydroxyl groups excluding tert-OH is 4. The molecule has 0 spiro atoms. The van der Waals surface area contributed by atoms with Crippen LogP contribution in [0.25, 0.3) is 0 Å². The highest BCUT2D eigenvalue weighted by Crippen LogP contribution is 2.31. The van der Waals surface area contributed by atoms with Crippen molar-refractivity contribution in [1.82, 2.24) is 4.90 Å². The van der Waals surface area contributed by atoms with E-state index in [2.05, 4.69) is 0 Å². The Morgan fingerprint density at radius 1 is 1.35 bits per heavy atom. The van der Waals surface area contributed by atoms with E-state index in [1.165, 1.54) is 29.1 Å². The summed E-state index contributed by atoms with van der Waals surface area (Å²) in [6.07, 6.45) is -7.84. The van der Waals surface area contributed by atoms with Gasteiger partial charge in [0.25, 0.3) is 12.1 Å². The van der Waals surface area contributed by atoms with Crippen molar-refractivity contribution in [1.29, 1.82) is 0 Å². The molecule has 0 aromatic carbocycles. The molecule has 10 heteroatoms. The van der Waals surface area contributed by atoms with Crippen LogP contribution in [0.4, 0.5) is 0 Å². The molecule has 1 aromatic heterocycles. The molecule has 3 rings (SSSR count). The van der Waals surface area contributed by atoms with Crippen LogP contribution in [0.1, 0.15) is 28.4 Å². The topological polar surface area (TPSA) is 154 Å². The Bertz CT molecular complexity index is 807. The predicted molar refractivity (Wildman–Crippen MR) is 79.7 cm³/mol. The molecule has 0 aliphatic carbocycles. The van der Waals surface area contributed by atoms with E-state index in [1.807, 2.05) is 0 Å². The van der Waals surface area contributed by atoms with Crippen molar-refractivity contribution in [2.24, 2.45) is 0 Å². The molecular weight excluding hydrogens is 348 g/mol. The highest BCUT2D eigenvalue weighted by molar-refractivity contribution is 5.83. The Morgan fingerprint density at radius 2 is 2.08 bits per heavy atom. The van der Waals surface area contributed by atoms with E-state index in [0.717, 1.165) is 0 Å². The summed E-state index contributed by atoms with van der Waals surface area (Å²) < 4.78 is 29.0. The summed E-state index contributed by atoms with van der Waals surface area (Å²) in [5, 5.41) is 50.9. The molecule has 10 nitrogen and oxygen atoms in total. The average Bonchev–Trinajstić information content (AvgIpc) is 2.95. The summed E-state index contributed by atoms with van der Waals surface area (Å²) in [7, 11) is 0. The van der Waals surface area contributed by atoms with Gasteiger partial charge in [-0.1, -0.05) is 0 Å². The Balaban J connectivity index is 1.95. The lowest BCUT2D eigenvalue weighted by atomic mass is 9.97. The van der Waals surface area contributed by atoms with E-state index < -0.39 is 61.6 Å². The molecule has 6 unspecified atom stereocenters. The van der Waals surface area contributed by atoms with Crippen LogP contribution in [-0.4, -0.2) is 74.7 Å². The molecule has 0 radical (unpaired) electrons. The summed E-state index contributed by atoms with van der Waals surface area (Å²) in [4.78, 5) is 23.8. The third kappa shape index (κ3) is 3.06. The molecular formula is C16H20N2O8. The highest BCUT2D eigenvalue weighted by atomic mass is 16.6. The van der Waals surface area contributed by atoms with Crippen molar-refractivity contribution in [3.05, 3.63) is 30.1 Å². The number of rotatable bonds is 3. The molecule has 7 atom stereocenters.